The highest BCUT2D eigenvalue weighted by atomic mass is 35.5. The van der Waals surface area contributed by atoms with Crippen molar-refractivity contribution in [3.05, 3.63) is 12.2 Å². The minimum Gasteiger partial charge on any atom is -0.355 e. The summed E-state index contributed by atoms with van der Waals surface area (Å²) < 4.78 is 6.54. The number of hydrogen-bond acceptors (Lipinski definition) is 6. The number of nitrogens with zero attached hydrogens (tertiary/aromatic N) is 3. The summed E-state index contributed by atoms with van der Waals surface area (Å²) in [5, 5.41) is 6.55. The zero-order valence-corrected chi connectivity index (χ0v) is 11.0. The van der Waals surface area contributed by atoms with Crippen LogP contribution in [0, 0.1) is 0 Å². The Bertz CT molecular complexity index is 408. The Kier molecular flexibility index (Phi) is 3.02. The van der Waals surface area contributed by atoms with E-state index in [4.69, 9.17) is 11.6 Å². The molecule has 0 aromatic heterocycles. The number of alkyl halides is 1. The van der Waals surface area contributed by atoms with E-state index in [1.165, 1.54) is 12.1 Å². The molecule has 2 heterocycles. The maximum absolute atomic E-state index is 6.37. The average Bonchev–Trinajstić information content (AvgIpc) is 2.93. The van der Waals surface area contributed by atoms with Gasteiger partial charge in [-0.05, 0) is 6.08 Å². The third kappa shape index (κ3) is 2.05. The number of halogens is 1. The molecule has 3 aliphatic rings. The van der Waals surface area contributed by atoms with Crippen molar-refractivity contribution < 1.29 is 0 Å². The summed E-state index contributed by atoms with van der Waals surface area (Å²) in [5.74, 6) is 0.848. The highest BCUT2D eigenvalue weighted by Gasteiger charge is 2.40. The van der Waals surface area contributed by atoms with Crippen LogP contribution in [-0.2, 0) is 0 Å². The lowest BCUT2D eigenvalue weighted by Gasteiger charge is -2.34. The number of fused-ring (bicyclic) bond motifs is 1. The van der Waals surface area contributed by atoms with Crippen LogP contribution in [0.5, 0.6) is 0 Å². The van der Waals surface area contributed by atoms with Gasteiger partial charge in [0.1, 0.15) is 0 Å². The minimum absolute atomic E-state index is 0.0507. The van der Waals surface area contributed by atoms with Crippen LogP contribution in [0.25, 0.3) is 0 Å². The lowest BCUT2D eigenvalue weighted by Crippen LogP contribution is -2.57. The van der Waals surface area contributed by atoms with Gasteiger partial charge in [0.05, 0.1) is 41.9 Å². The highest BCUT2D eigenvalue weighted by Crippen LogP contribution is 2.31. The Morgan fingerprint density at radius 3 is 3.29 bits per heavy atom. The zero-order valence-electron chi connectivity index (χ0n) is 9.43. The topological polar surface area (TPSA) is 52.0 Å². The van der Waals surface area contributed by atoms with Crippen molar-refractivity contribution in [2.45, 2.75) is 17.5 Å². The molecular formula is C10H14ClN5S. The second-order valence-corrected chi connectivity index (χ2v) is 5.65. The molecule has 0 radical (unpaired) electrons. The molecule has 92 valence electrons. The van der Waals surface area contributed by atoms with Crippen LogP contribution in [0.4, 0.5) is 0 Å². The predicted molar refractivity (Wildman–Crippen MR) is 72.6 cm³/mol. The summed E-state index contributed by atoms with van der Waals surface area (Å²) >= 11 is 7.85. The third-order valence-corrected chi connectivity index (χ3v) is 4.28. The van der Waals surface area contributed by atoms with Gasteiger partial charge < -0.3 is 10.6 Å². The standard InChI is InChI=1S/C10H14ClN5S/c1-16-9-7(15-17-16)3-2-6(11)8(9)14-10-12-4-5-13-10/h2-3,6,8-9H,4-5H2,1H3,(H2,12,13,14). The van der Waals surface area contributed by atoms with Crippen molar-refractivity contribution in [3.63, 3.8) is 0 Å². The molecule has 0 bridgehead atoms. The van der Waals surface area contributed by atoms with Gasteiger partial charge in [-0.15, -0.1) is 11.6 Å². The van der Waals surface area contributed by atoms with E-state index in [0.29, 0.717) is 0 Å². The highest BCUT2D eigenvalue weighted by molar-refractivity contribution is 7.96. The monoisotopic (exact) mass is 271 g/mol. The van der Waals surface area contributed by atoms with E-state index in [0.717, 1.165) is 24.8 Å². The van der Waals surface area contributed by atoms with Crippen LogP contribution in [0.15, 0.2) is 21.5 Å². The molecule has 0 spiro atoms. The second kappa shape index (κ2) is 4.51. The normalized spacial score (nSPS) is 36.2. The first-order valence-electron chi connectivity index (χ1n) is 5.61. The maximum Gasteiger partial charge on any atom is 0.191 e. The molecule has 1 aliphatic carbocycles. The molecule has 0 fully saturated rings. The van der Waals surface area contributed by atoms with Crippen LogP contribution < -0.4 is 10.6 Å². The smallest absolute Gasteiger partial charge is 0.191 e. The summed E-state index contributed by atoms with van der Waals surface area (Å²) in [6.45, 7) is 1.72. The van der Waals surface area contributed by atoms with Crippen LogP contribution in [0.1, 0.15) is 0 Å². The summed E-state index contributed by atoms with van der Waals surface area (Å²) in [5.41, 5.74) is 1.07. The van der Waals surface area contributed by atoms with E-state index in [1.807, 2.05) is 19.2 Å². The molecule has 0 aromatic carbocycles. The first kappa shape index (κ1) is 11.4. The quantitative estimate of drug-likeness (QED) is 0.536. The van der Waals surface area contributed by atoms with Gasteiger partial charge in [0.25, 0.3) is 0 Å². The van der Waals surface area contributed by atoms with Crippen molar-refractivity contribution >= 4 is 35.4 Å². The number of aliphatic imine (C=N–C) groups is 1. The Morgan fingerprint density at radius 2 is 2.53 bits per heavy atom. The van der Waals surface area contributed by atoms with Crippen molar-refractivity contribution in [1.29, 1.82) is 0 Å². The molecule has 17 heavy (non-hydrogen) atoms. The molecule has 2 N–H and O–H groups in total. The maximum atomic E-state index is 6.37. The number of nitrogens with one attached hydrogen (secondary N) is 2. The van der Waals surface area contributed by atoms with Crippen LogP contribution >= 0.6 is 23.7 Å². The summed E-state index contributed by atoms with van der Waals surface area (Å²) in [6.07, 6.45) is 4.00. The molecule has 3 atom stereocenters. The van der Waals surface area contributed by atoms with Gasteiger partial charge in [-0.2, -0.15) is 0 Å². The molecule has 0 saturated carbocycles. The fourth-order valence-corrected chi connectivity index (χ4v) is 3.24. The molecule has 7 heteroatoms. The third-order valence-electron chi connectivity index (χ3n) is 3.08. The van der Waals surface area contributed by atoms with Crippen molar-refractivity contribution in [1.82, 2.24) is 14.9 Å². The molecule has 3 rings (SSSR count). The van der Waals surface area contributed by atoms with Crippen molar-refractivity contribution in [3.8, 4) is 0 Å². The Hall–Kier alpha value is -0.720. The van der Waals surface area contributed by atoms with Crippen molar-refractivity contribution in [2.75, 3.05) is 20.1 Å². The number of rotatable bonds is 1. The first-order chi connectivity index (χ1) is 8.25. The van der Waals surface area contributed by atoms with Gasteiger partial charge >= 0.3 is 0 Å². The van der Waals surface area contributed by atoms with Gasteiger partial charge in [-0.25, -0.2) is 8.70 Å². The van der Waals surface area contributed by atoms with E-state index in [2.05, 4.69) is 24.3 Å². The van der Waals surface area contributed by atoms with E-state index in [9.17, 15) is 0 Å². The van der Waals surface area contributed by atoms with E-state index in [-0.39, 0.29) is 17.5 Å². The Morgan fingerprint density at radius 1 is 1.65 bits per heavy atom. The zero-order chi connectivity index (χ0) is 11.8. The van der Waals surface area contributed by atoms with Crippen LogP contribution in [-0.4, -0.2) is 53.6 Å². The molecule has 0 amide bonds. The SMILES string of the molecule is CN1SN=C2C=CC(Cl)C(NC3=NCCN3)C21. The minimum atomic E-state index is -0.0507. The van der Waals surface area contributed by atoms with Gasteiger partial charge in [0.15, 0.2) is 5.96 Å². The second-order valence-electron chi connectivity index (χ2n) is 4.22. The number of hydrogen-bond donors (Lipinski definition) is 2. The fraction of sp³-hybridized carbons (Fsp3) is 0.600. The molecular weight excluding hydrogens is 258 g/mol. The van der Waals surface area contributed by atoms with E-state index in [1.54, 1.807) is 0 Å². The Balaban J connectivity index is 1.81. The Labute approximate surface area is 110 Å². The van der Waals surface area contributed by atoms with E-state index >= 15 is 0 Å². The largest absolute Gasteiger partial charge is 0.355 e. The molecule has 5 nitrogen and oxygen atoms in total. The summed E-state index contributed by atoms with van der Waals surface area (Å²) in [4.78, 5) is 4.35. The lowest BCUT2D eigenvalue weighted by atomic mass is 9.94. The first-order valence-corrected chi connectivity index (χ1v) is 6.77. The van der Waals surface area contributed by atoms with E-state index < -0.39 is 0 Å². The van der Waals surface area contributed by atoms with Gasteiger partial charge in [-0.1, -0.05) is 6.08 Å². The molecule has 3 unspecified atom stereocenters. The lowest BCUT2D eigenvalue weighted by molar-refractivity contribution is 0.409. The average molecular weight is 272 g/mol. The van der Waals surface area contributed by atoms with Gasteiger partial charge in [-0.3, -0.25) is 4.99 Å². The molecule has 2 aliphatic heterocycles. The van der Waals surface area contributed by atoms with Gasteiger partial charge in [0.2, 0.25) is 0 Å². The number of guanidine groups is 1. The molecule has 0 saturated heterocycles. The molecule has 0 aromatic rings. The number of likely N-dealkylation sites (N-methyl/N-ethyl adjacent to an activating group) is 1. The fourth-order valence-electron chi connectivity index (χ4n) is 2.24. The van der Waals surface area contributed by atoms with Crippen LogP contribution in [0.3, 0.4) is 0 Å². The summed E-state index contributed by atoms with van der Waals surface area (Å²) in [7, 11) is 2.03. The van der Waals surface area contributed by atoms with Crippen LogP contribution in [0.2, 0.25) is 0 Å². The van der Waals surface area contributed by atoms with Crippen molar-refractivity contribution in [2.24, 2.45) is 9.39 Å². The predicted octanol–water partition coefficient (Wildman–Crippen LogP) is 0.399. The van der Waals surface area contributed by atoms with Gasteiger partial charge in [0, 0.05) is 13.6 Å². The summed E-state index contributed by atoms with van der Waals surface area (Å²) in [6, 6.07) is 0.308.